The molecule has 2 aliphatic rings. The summed E-state index contributed by atoms with van der Waals surface area (Å²) in [5.74, 6) is 0.134. The number of anilines is 2. The van der Waals surface area contributed by atoms with Gasteiger partial charge >= 0.3 is 0 Å². The van der Waals surface area contributed by atoms with Crippen LogP contribution in [0, 0.1) is 0 Å². The van der Waals surface area contributed by atoms with Crippen molar-refractivity contribution >= 4 is 29.0 Å². The van der Waals surface area contributed by atoms with Crippen molar-refractivity contribution in [3.05, 3.63) is 71.8 Å². The van der Waals surface area contributed by atoms with Crippen LogP contribution in [0.4, 0.5) is 11.4 Å². The van der Waals surface area contributed by atoms with Crippen molar-refractivity contribution in [3.63, 3.8) is 0 Å². The van der Waals surface area contributed by atoms with Crippen LogP contribution in [-0.4, -0.2) is 17.6 Å². The molecular formula is C19H15N3O2. The van der Waals surface area contributed by atoms with Crippen LogP contribution in [0.15, 0.2) is 76.9 Å². The maximum Gasteiger partial charge on any atom is 0.282 e. The van der Waals surface area contributed by atoms with Gasteiger partial charge in [0.2, 0.25) is 5.91 Å². The number of amidine groups is 1. The Morgan fingerprint density at radius 2 is 1.46 bits per heavy atom. The number of para-hydroxylation sites is 2. The molecule has 0 saturated carbocycles. The summed E-state index contributed by atoms with van der Waals surface area (Å²) in [6, 6.07) is 18.5. The minimum absolute atomic E-state index is 0.0797. The molecular weight excluding hydrogens is 302 g/mol. The van der Waals surface area contributed by atoms with Gasteiger partial charge in [-0.25, -0.2) is 0 Å². The average molecular weight is 317 g/mol. The Morgan fingerprint density at radius 1 is 0.875 bits per heavy atom. The molecule has 0 unspecified atom stereocenters. The lowest BCUT2D eigenvalue weighted by Crippen LogP contribution is -2.41. The largest absolute Gasteiger partial charge is 0.282 e. The first-order valence-electron chi connectivity index (χ1n) is 7.73. The number of carbonyl (C=O) groups is 2. The third kappa shape index (κ3) is 2.13. The van der Waals surface area contributed by atoms with Crippen molar-refractivity contribution in [1.29, 1.82) is 0 Å². The van der Waals surface area contributed by atoms with E-state index in [1.54, 1.807) is 0 Å². The summed E-state index contributed by atoms with van der Waals surface area (Å²) in [6.45, 7) is 1.82. The van der Waals surface area contributed by atoms with Crippen LogP contribution >= 0.6 is 0 Å². The number of rotatable bonds is 2. The van der Waals surface area contributed by atoms with Gasteiger partial charge in [0.1, 0.15) is 0 Å². The summed E-state index contributed by atoms with van der Waals surface area (Å²) in [5, 5.41) is 5.83. The van der Waals surface area contributed by atoms with Crippen LogP contribution in [0.3, 0.4) is 0 Å². The van der Waals surface area contributed by atoms with Gasteiger partial charge in [-0.05, 0) is 36.8 Å². The number of benzene rings is 2. The highest BCUT2D eigenvalue weighted by Crippen LogP contribution is 2.33. The van der Waals surface area contributed by atoms with Gasteiger partial charge in [0.25, 0.3) is 5.91 Å². The van der Waals surface area contributed by atoms with Crippen molar-refractivity contribution in [3.8, 4) is 0 Å². The molecule has 0 radical (unpaired) electrons. The lowest BCUT2D eigenvalue weighted by molar-refractivity contribution is -0.117. The standard InChI is InChI=1S/C19H15N3O2/c1-13-12-16(23)21(14-8-4-2-5-9-14)18-17(13)19(24)22(20-18)15-10-6-3-7-11-15/h2-11H,12H2,1H3. The number of hydrazone groups is 1. The number of hydrogen-bond acceptors (Lipinski definition) is 3. The fourth-order valence-corrected chi connectivity index (χ4v) is 3.02. The second-order valence-corrected chi connectivity index (χ2v) is 5.77. The molecule has 0 aromatic heterocycles. The topological polar surface area (TPSA) is 53.0 Å². The SMILES string of the molecule is CC1=C2C(=O)N(c3ccccc3)N=C2N(c2ccccc2)C(=O)C1. The number of hydrogen-bond donors (Lipinski definition) is 0. The molecule has 4 rings (SSSR count). The van der Waals surface area contributed by atoms with Gasteiger partial charge in [0, 0.05) is 6.42 Å². The van der Waals surface area contributed by atoms with Crippen LogP contribution in [-0.2, 0) is 9.59 Å². The van der Waals surface area contributed by atoms with E-state index < -0.39 is 0 Å². The number of fused-ring (bicyclic) bond motifs is 1. The number of carbonyl (C=O) groups excluding carboxylic acids is 2. The van der Waals surface area contributed by atoms with Gasteiger partial charge in [-0.1, -0.05) is 36.4 Å². The predicted molar refractivity (Wildman–Crippen MR) is 92.6 cm³/mol. The lowest BCUT2D eigenvalue weighted by Gasteiger charge is -2.27. The summed E-state index contributed by atoms with van der Waals surface area (Å²) in [4.78, 5) is 27.0. The molecule has 5 heteroatoms. The molecule has 0 spiro atoms. The summed E-state index contributed by atoms with van der Waals surface area (Å²) in [5.41, 5.74) is 2.68. The van der Waals surface area contributed by atoms with Crippen LogP contribution < -0.4 is 9.91 Å². The fourth-order valence-electron chi connectivity index (χ4n) is 3.02. The Balaban J connectivity index is 1.86. The zero-order valence-electron chi connectivity index (χ0n) is 13.1. The van der Waals surface area contributed by atoms with E-state index in [9.17, 15) is 9.59 Å². The van der Waals surface area contributed by atoms with Crippen molar-refractivity contribution in [2.45, 2.75) is 13.3 Å². The van der Waals surface area contributed by atoms with Gasteiger partial charge in [-0.2, -0.15) is 5.01 Å². The third-order valence-corrected chi connectivity index (χ3v) is 4.14. The Kier molecular flexibility index (Phi) is 3.27. The molecule has 118 valence electrons. The first-order valence-corrected chi connectivity index (χ1v) is 7.73. The van der Waals surface area contributed by atoms with Crippen molar-refractivity contribution < 1.29 is 9.59 Å². The lowest BCUT2D eigenvalue weighted by atomic mass is 9.99. The van der Waals surface area contributed by atoms with Gasteiger partial charge in [0.05, 0.1) is 16.9 Å². The van der Waals surface area contributed by atoms with Crippen molar-refractivity contribution in [1.82, 2.24) is 0 Å². The fraction of sp³-hybridized carbons (Fsp3) is 0.105. The molecule has 0 bridgehead atoms. The van der Waals surface area contributed by atoms with Crippen molar-refractivity contribution in [2.24, 2.45) is 5.10 Å². The van der Waals surface area contributed by atoms with Crippen LogP contribution in [0.5, 0.6) is 0 Å². The molecule has 0 aliphatic carbocycles. The van der Waals surface area contributed by atoms with E-state index in [1.807, 2.05) is 67.6 Å². The average Bonchev–Trinajstić information content (AvgIpc) is 2.94. The third-order valence-electron chi connectivity index (χ3n) is 4.14. The Bertz CT molecular complexity index is 885. The molecule has 2 amide bonds. The summed E-state index contributed by atoms with van der Waals surface area (Å²) >= 11 is 0. The molecule has 0 fully saturated rings. The number of nitrogens with zero attached hydrogens (tertiary/aromatic N) is 3. The molecule has 24 heavy (non-hydrogen) atoms. The quantitative estimate of drug-likeness (QED) is 0.854. The molecule has 2 heterocycles. The Labute approximate surface area is 139 Å². The van der Waals surface area contributed by atoms with E-state index in [1.165, 1.54) is 9.91 Å². The molecule has 5 nitrogen and oxygen atoms in total. The van der Waals surface area contributed by atoms with E-state index in [0.29, 0.717) is 22.8 Å². The highest BCUT2D eigenvalue weighted by molar-refractivity contribution is 6.40. The predicted octanol–water partition coefficient (Wildman–Crippen LogP) is 3.10. The molecule has 2 aromatic rings. The zero-order chi connectivity index (χ0) is 16.7. The minimum atomic E-state index is -0.192. The van der Waals surface area contributed by atoms with Crippen molar-refractivity contribution in [2.75, 3.05) is 9.91 Å². The first-order chi connectivity index (χ1) is 11.7. The number of amides is 2. The summed E-state index contributed by atoms with van der Waals surface area (Å²) in [7, 11) is 0. The minimum Gasteiger partial charge on any atom is -0.274 e. The highest BCUT2D eigenvalue weighted by atomic mass is 16.2. The van der Waals surface area contributed by atoms with Crippen LogP contribution in [0.2, 0.25) is 0 Å². The maximum absolute atomic E-state index is 12.8. The summed E-state index contributed by atoms with van der Waals surface area (Å²) in [6.07, 6.45) is 0.220. The smallest absolute Gasteiger partial charge is 0.274 e. The molecule has 0 atom stereocenters. The normalized spacial score (nSPS) is 17.3. The zero-order valence-corrected chi connectivity index (χ0v) is 13.1. The van der Waals surface area contributed by atoms with Crippen LogP contribution in [0.25, 0.3) is 0 Å². The monoisotopic (exact) mass is 317 g/mol. The van der Waals surface area contributed by atoms with E-state index in [0.717, 1.165) is 5.57 Å². The van der Waals surface area contributed by atoms with E-state index in [4.69, 9.17) is 0 Å². The van der Waals surface area contributed by atoms with Crippen LogP contribution in [0.1, 0.15) is 13.3 Å². The Hall–Kier alpha value is -3.21. The maximum atomic E-state index is 12.8. The molecule has 2 aromatic carbocycles. The first kappa shape index (κ1) is 14.4. The Morgan fingerprint density at radius 3 is 2.08 bits per heavy atom. The summed E-state index contributed by atoms with van der Waals surface area (Å²) < 4.78 is 0. The highest BCUT2D eigenvalue weighted by Gasteiger charge is 2.41. The second kappa shape index (κ2) is 5.45. The molecule has 0 saturated heterocycles. The van der Waals surface area contributed by atoms with Gasteiger partial charge < -0.3 is 0 Å². The second-order valence-electron chi connectivity index (χ2n) is 5.77. The van der Waals surface area contributed by atoms with E-state index in [2.05, 4.69) is 5.10 Å². The van der Waals surface area contributed by atoms with Gasteiger partial charge in [0.15, 0.2) is 5.84 Å². The molecule has 0 N–H and O–H groups in total. The van der Waals surface area contributed by atoms with E-state index in [-0.39, 0.29) is 18.2 Å². The molecule has 2 aliphatic heterocycles. The van der Waals surface area contributed by atoms with Gasteiger partial charge in [-0.15, -0.1) is 5.10 Å². The van der Waals surface area contributed by atoms with E-state index >= 15 is 0 Å². The van der Waals surface area contributed by atoms with Gasteiger partial charge in [-0.3, -0.25) is 14.5 Å².